The molecule has 2 rings (SSSR count). The second kappa shape index (κ2) is 6.55. The summed E-state index contributed by atoms with van der Waals surface area (Å²) in [5.41, 5.74) is 0. The van der Waals surface area contributed by atoms with E-state index in [2.05, 4.69) is 10.2 Å². The largest absolute Gasteiger partial charge is 0.465 e. The number of sulfone groups is 1. The van der Waals surface area contributed by atoms with Gasteiger partial charge < -0.3 is 9.30 Å². The normalized spacial score (nSPS) is 22.1. The van der Waals surface area contributed by atoms with E-state index in [1.807, 2.05) is 11.5 Å². The van der Waals surface area contributed by atoms with E-state index in [4.69, 9.17) is 4.74 Å². The van der Waals surface area contributed by atoms with E-state index in [0.717, 1.165) is 6.42 Å². The highest BCUT2D eigenvalue weighted by atomic mass is 32.2. The van der Waals surface area contributed by atoms with Crippen molar-refractivity contribution >= 4 is 15.8 Å². The Morgan fingerprint density at radius 3 is 2.86 bits per heavy atom. The van der Waals surface area contributed by atoms with Crippen molar-refractivity contribution in [1.82, 2.24) is 14.8 Å². The molecule has 0 bridgehead atoms. The third kappa shape index (κ3) is 3.61. The summed E-state index contributed by atoms with van der Waals surface area (Å²) in [7, 11) is -3.07. The van der Waals surface area contributed by atoms with E-state index >= 15 is 0 Å². The summed E-state index contributed by atoms with van der Waals surface area (Å²) in [5.74, 6) is -0.710. The van der Waals surface area contributed by atoms with Crippen molar-refractivity contribution in [3.05, 3.63) is 12.2 Å². The van der Waals surface area contributed by atoms with Gasteiger partial charge >= 0.3 is 5.97 Å². The van der Waals surface area contributed by atoms with Crippen molar-refractivity contribution in [3.8, 4) is 0 Å². The topological polar surface area (TPSA) is 91.2 Å². The smallest absolute Gasteiger partial charge is 0.317 e. The predicted octanol–water partition coefficient (Wildman–Crippen LogP) is 0.770. The van der Waals surface area contributed by atoms with Gasteiger partial charge in [-0.1, -0.05) is 6.92 Å². The average molecular weight is 315 g/mol. The van der Waals surface area contributed by atoms with Gasteiger partial charge in [0.05, 0.1) is 18.1 Å². The lowest BCUT2D eigenvalue weighted by Crippen LogP contribution is -2.28. The number of esters is 1. The highest BCUT2D eigenvalue weighted by Gasteiger charge is 2.41. The molecule has 1 fully saturated rings. The fraction of sp³-hybridized carbons (Fsp3) is 0.769. The van der Waals surface area contributed by atoms with Crippen molar-refractivity contribution in [1.29, 1.82) is 0 Å². The van der Waals surface area contributed by atoms with Gasteiger partial charge in [-0.3, -0.25) is 4.79 Å². The Morgan fingerprint density at radius 2 is 2.29 bits per heavy atom. The second-order valence-corrected chi connectivity index (χ2v) is 7.50. The molecule has 0 amide bonds. The van der Waals surface area contributed by atoms with E-state index < -0.39 is 21.7 Å². The van der Waals surface area contributed by atoms with E-state index in [1.54, 1.807) is 13.3 Å². The SMILES string of the molecule is CCCn1cnnc1C(C(=O)OCC)C1CCS(=O)(=O)C1. The van der Waals surface area contributed by atoms with Crippen LogP contribution < -0.4 is 0 Å². The zero-order valence-corrected chi connectivity index (χ0v) is 13.2. The van der Waals surface area contributed by atoms with Crippen molar-refractivity contribution in [2.24, 2.45) is 5.92 Å². The van der Waals surface area contributed by atoms with Crippen molar-refractivity contribution < 1.29 is 17.9 Å². The minimum atomic E-state index is -3.07. The maximum atomic E-state index is 12.3. The molecule has 8 heteroatoms. The molecule has 0 spiro atoms. The van der Waals surface area contributed by atoms with E-state index in [9.17, 15) is 13.2 Å². The molecule has 1 aliphatic heterocycles. The first-order valence-electron chi connectivity index (χ1n) is 7.23. The van der Waals surface area contributed by atoms with Crippen LogP contribution in [0.5, 0.6) is 0 Å². The number of nitrogens with zero attached hydrogens (tertiary/aromatic N) is 3. The highest BCUT2D eigenvalue weighted by molar-refractivity contribution is 7.91. The minimum Gasteiger partial charge on any atom is -0.465 e. The molecule has 7 nitrogen and oxygen atoms in total. The number of hydrogen-bond acceptors (Lipinski definition) is 6. The molecule has 21 heavy (non-hydrogen) atoms. The Hall–Kier alpha value is -1.44. The summed E-state index contributed by atoms with van der Waals surface area (Å²) in [6.45, 7) is 4.70. The molecular formula is C13H21N3O4S. The third-order valence-electron chi connectivity index (χ3n) is 3.67. The fourth-order valence-corrected chi connectivity index (χ4v) is 4.59. The maximum absolute atomic E-state index is 12.3. The highest BCUT2D eigenvalue weighted by Crippen LogP contribution is 2.33. The average Bonchev–Trinajstić information content (AvgIpc) is 2.99. The van der Waals surface area contributed by atoms with Crippen molar-refractivity contribution in [3.63, 3.8) is 0 Å². The van der Waals surface area contributed by atoms with Gasteiger partial charge in [-0.25, -0.2) is 8.42 Å². The van der Waals surface area contributed by atoms with E-state index in [0.29, 0.717) is 18.8 Å². The Morgan fingerprint density at radius 1 is 1.52 bits per heavy atom. The lowest BCUT2D eigenvalue weighted by atomic mass is 9.91. The molecule has 0 radical (unpaired) electrons. The number of aromatic nitrogens is 3. The van der Waals surface area contributed by atoms with Crippen LogP contribution in [0.3, 0.4) is 0 Å². The van der Waals surface area contributed by atoms with E-state index in [-0.39, 0.29) is 24.0 Å². The Balaban J connectivity index is 2.32. The van der Waals surface area contributed by atoms with Crippen LogP contribution in [0.25, 0.3) is 0 Å². The van der Waals surface area contributed by atoms with Crippen LogP contribution in [-0.2, 0) is 25.9 Å². The van der Waals surface area contributed by atoms with Gasteiger partial charge in [0.1, 0.15) is 18.1 Å². The van der Waals surface area contributed by atoms with Crippen molar-refractivity contribution in [2.45, 2.75) is 39.2 Å². The Kier molecular flexibility index (Phi) is 4.97. The summed E-state index contributed by atoms with van der Waals surface area (Å²) in [4.78, 5) is 12.3. The lowest BCUT2D eigenvalue weighted by molar-refractivity contribution is -0.146. The zero-order valence-electron chi connectivity index (χ0n) is 12.4. The Bertz CT molecular complexity index is 596. The van der Waals surface area contributed by atoms with Crippen LogP contribution >= 0.6 is 0 Å². The quantitative estimate of drug-likeness (QED) is 0.720. The third-order valence-corrected chi connectivity index (χ3v) is 5.46. The van der Waals surface area contributed by atoms with Gasteiger partial charge in [-0.15, -0.1) is 10.2 Å². The van der Waals surface area contributed by atoms with Gasteiger partial charge in [-0.05, 0) is 25.7 Å². The molecule has 1 aromatic heterocycles. The first kappa shape index (κ1) is 15.9. The molecule has 2 unspecified atom stereocenters. The molecule has 2 atom stereocenters. The first-order valence-corrected chi connectivity index (χ1v) is 9.05. The van der Waals surface area contributed by atoms with Crippen molar-refractivity contribution in [2.75, 3.05) is 18.1 Å². The second-order valence-electron chi connectivity index (χ2n) is 5.28. The van der Waals surface area contributed by atoms with Gasteiger partial charge in [0.25, 0.3) is 0 Å². The summed E-state index contributed by atoms with van der Waals surface area (Å²) in [6.07, 6.45) is 2.92. The van der Waals surface area contributed by atoms with Crippen LogP contribution in [-0.4, -0.2) is 47.3 Å². The summed E-state index contributed by atoms with van der Waals surface area (Å²) in [5, 5.41) is 7.92. The van der Waals surface area contributed by atoms with Crippen LogP contribution in [0.15, 0.2) is 6.33 Å². The summed E-state index contributed by atoms with van der Waals surface area (Å²) >= 11 is 0. The molecule has 0 N–H and O–H groups in total. The molecule has 1 aromatic rings. The van der Waals surface area contributed by atoms with Gasteiger partial charge in [0, 0.05) is 6.54 Å². The van der Waals surface area contributed by atoms with Crippen LogP contribution in [0.4, 0.5) is 0 Å². The van der Waals surface area contributed by atoms with Crippen LogP contribution in [0, 0.1) is 5.92 Å². The minimum absolute atomic E-state index is 0.00939. The number of carbonyl (C=O) groups is 1. The number of carbonyl (C=O) groups excluding carboxylic acids is 1. The standard InChI is InChI=1S/C13H21N3O4S/c1-3-6-16-9-14-15-12(16)11(13(17)20-4-2)10-5-7-21(18,19)8-10/h9-11H,3-8H2,1-2H3. The molecule has 0 aromatic carbocycles. The van der Waals surface area contributed by atoms with Gasteiger partial charge in [0.2, 0.25) is 0 Å². The summed E-state index contributed by atoms with van der Waals surface area (Å²) < 4.78 is 30.4. The van der Waals surface area contributed by atoms with E-state index in [1.165, 1.54) is 0 Å². The molecule has 118 valence electrons. The van der Waals surface area contributed by atoms with Crippen LogP contribution in [0.2, 0.25) is 0 Å². The number of hydrogen-bond donors (Lipinski definition) is 0. The number of ether oxygens (including phenoxy) is 1. The molecule has 2 heterocycles. The molecule has 0 aliphatic carbocycles. The summed E-state index contributed by atoms with van der Waals surface area (Å²) in [6, 6.07) is 0. The molecule has 1 saturated heterocycles. The monoisotopic (exact) mass is 315 g/mol. The molecular weight excluding hydrogens is 294 g/mol. The maximum Gasteiger partial charge on any atom is 0.317 e. The lowest BCUT2D eigenvalue weighted by Gasteiger charge is -2.20. The zero-order chi connectivity index (χ0) is 15.5. The molecule has 0 saturated carbocycles. The number of aryl methyl sites for hydroxylation is 1. The Labute approximate surface area is 124 Å². The molecule has 1 aliphatic rings. The van der Waals surface area contributed by atoms with Crippen LogP contribution in [0.1, 0.15) is 38.4 Å². The van der Waals surface area contributed by atoms with Gasteiger partial charge in [0.15, 0.2) is 9.84 Å². The van der Waals surface area contributed by atoms with Gasteiger partial charge in [-0.2, -0.15) is 0 Å². The fourth-order valence-electron chi connectivity index (χ4n) is 2.75. The first-order chi connectivity index (χ1) is 9.98. The number of rotatable bonds is 6. The predicted molar refractivity (Wildman–Crippen MR) is 76.4 cm³/mol.